The minimum absolute atomic E-state index is 0.0778. The molecule has 0 aliphatic carbocycles. The molecular formula is C24H40N2O6. The predicted molar refractivity (Wildman–Crippen MR) is 124 cm³/mol. The number of benzene rings is 1. The van der Waals surface area contributed by atoms with Crippen LogP contribution in [0.1, 0.15) is 57.9 Å². The molecule has 3 atom stereocenters. The number of hydrogen-bond acceptors (Lipinski definition) is 8. The molecule has 182 valence electrons. The normalized spacial score (nSPS) is 13.8. The Labute approximate surface area is 192 Å². The summed E-state index contributed by atoms with van der Waals surface area (Å²) < 4.78 is 16.6. The van der Waals surface area contributed by atoms with Crippen molar-refractivity contribution in [3.63, 3.8) is 0 Å². The fourth-order valence-corrected chi connectivity index (χ4v) is 3.56. The number of aromatic hydroxyl groups is 1. The van der Waals surface area contributed by atoms with Gasteiger partial charge in [-0.2, -0.15) is 0 Å². The monoisotopic (exact) mass is 452 g/mol. The van der Waals surface area contributed by atoms with E-state index in [2.05, 4.69) is 17.6 Å². The average molecular weight is 453 g/mol. The molecule has 1 aromatic rings. The Morgan fingerprint density at radius 2 is 1.81 bits per heavy atom. The summed E-state index contributed by atoms with van der Waals surface area (Å²) in [7, 11) is 4.99. The quantitative estimate of drug-likeness (QED) is 0.260. The molecule has 8 heteroatoms. The number of carbonyl (C=O) groups excluding carboxylic acids is 2. The molecule has 32 heavy (non-hydrogen) atoms. The number of carbonyl (C=O) groups is 2. The number of nitrogens with one attached hydrogen (secondary N) is 2. The lowest BCUT2D eigenvalue weighted by molar-refractivity contribution is -0.156. The van der Waals surface area contributed by atoms with E-state index in [1.807, 2.05) is 6.07 Å². The van der Waals surface area contributed by atoms with E-state index >= 15 is 0 Å². The van der Waals surface area contributed by atoms with Crippen LogP contribution < -0.4 is 15.4 Å². The minimum atomic E-state index is -0.469. The summed E-state index contributed by atoms with van der Waals surface area (Å²) in [5.41, 5.74) is 0.955. The first-order valence-electron chi connectivity index (χ1n) is 11.4. The zero-order valence-corrected chi connectivity index (χ0v) is 20.1. The van der Waals surface area contributed by atoms with Crippen LogP contribution in [0.4, 0.5) is 0 Å². The molecule has 1 aromatic carbocycles. The van der Waals surface area contributed by atoms with Crippen LogP contribution in [-0.2, 0) is 25.5 Å². The number of unbranched alkanes of at least 4 members (excludes halogenated alkanes) is 2. The van der Waals surface area contributed by atoms with Gasteiger partial charge in [-0.3, -0.25) is 9.59 Å². The number of phenolic OH excluding ortho intramolecular Hbond substituents is 1. The van der Waals surface area contributed by atoms with Gasteiger partial charge in [0.15, 0.2) is 11.5 Å². The van der Waals surface area contributed by atoms with Gasteiger partial charge < -0.3 is 30.0 Å². The Balaban J connectivity index is 2.94. The Bertz CT molecular complexity index is 697. The third kappa shape index (κ3) is 10.3. The molecule has 0 bridgehead atoms. The number of esters is 2. The second-order valence-electron chi connectivity index (χ2n) is 7.97. The molecule has 0 aliphatic heterocycles. The zero-order valence-electron chi connectivity index (χ0n) is 20.1. The lowest BCUT2D eigenvalue weighted by atomic mass is 9.99. The van der Waals surface area contributed by atoms with E-state index in [-0.39, 0.29) is 23.8 Å². The van der Waals surface area contributed by atoms with Gasteiger partial charge in [-0.25, -0.2) is 0 Å². The molecule has 0 aliphatic rings. The average Bonchev–Trinajstić information content (AvgIpc) is 2.76. The van der Waals surface area contributed by atoms with Gasteiger partial charge in [0.05, 0.1) is 7.11 Å². The third-order valence-corrected chi connectivity index (χ3v) is 5.31. The molecule has 0 saturated carbocycles. The molecule has 0 aromatic heterocycles. The van der Waals surface area contributed by atoms with Crippen molar-refractivity contribution in [1.29, 1.82) is 0 Å². The second kappa shape index (κ2) is 15.5. The van der Waals surface area contributed by atoms with E-state index in [0.717, 1.165) is 31.2 Å². The fraction of sp³-hybridized carbons (Fsp3) is 0.667. The van der Waals surface area contributed by atoms with Crippen molar-refractivity contribution in [3.8, 4) is 11.5 Å². The number of rotatable bonds is 16. The third-order valence-electron chi connectivity index (χ3n) is 5.31. The number of hydrogen-bond donors (Lipinski definition) is 3. The summed E-state index contributed by atoms with van der Waals surface area (Å²) >= 11 is 0. The number of phenols is 1. The van der Waals surface area contributed by atoms with Gasteiger partial charge in [-0.15, -0.1) is 0 Å². The maximum absolute atomic E-state index is 12.7. The first-order chi connectivity index (χ1) is 15.3. The SMILES string of the molecule is CCCCC[C@H](C[C@H](CCc1ccc(O)c(OC)c1)OC(=O)[C@H](CNC)NC)OC(C)=O. The van der Waals surface area contributed by atoms with Gasteiger partial charge in [0.2, 0.25) is 0 Å². The highest BCUT2D eigenvalue weighted by molar-refractivity contribution is 5.76. The number of likely N-dealkylation sites (N-methyl/N-ethyl adjacent to an activating group) is 2. The predicted octanol–water partition coefficient (Wildman–Crippen LogP) is 2.95. The number of ether oxygens (including phenoxy) is 3. The highest BCUT2D eigenvalue weighted by Crippen LogP contribution is 2.27. The van der Waals surface area contributed by atoms with Crippen LogP contribution in [0.2, 0.25) is 0 Å². The summed E-state index contributed by atoms with van der Waals surface area (Å²) in [4.78, 5) is 24.3. The van der Waals surface area contributed by atoms with Crippen LogP contribution in [0.15, 0.2) is 18.2 Å². The molecule has 0 amide bonds. The van der Waals surface area contributed by atoms with Gasteiger partial charge in [0, 0.05) is 19.9 Å². The standard InChI is InChI=1S/C24H40N2O6/c1-6-7-8-9-19(31-17(2)27)15-20(32-24(29)21(26-4)16-25-3)12-10-18-11-13-22(28)23(14-18)30-5/h11,13-14,19-21,25-26,28H,6-10,12,15-16H2,1-5H3/t19-,20+,21+/m1/s1. The van der Waals surface area contributed by atoms with Gasteiger partial charge in [0.1, 0.15) is 18.2 Å². The minimum Gasteiger partial charge on any atom is -0.504 e. The Hall–Kier alpha value is -2.32. The maximum atomic E-state index is 12.7. The van der Waals surface area contributed by atoms with Crippen molar-refractivity contribution >= 4 is 11.9 Å². The van der Waals surface area contributed by atoms with Gasteiger partial charge in [-0.05, 0) is 57.5 Å². The Morgan fingerprint density at radius 3 is 2.41 bits per heavy atom. The topological polar surface area (TPSA) is 106 Å². The van der Waals surface area contributed by atoms with E-state index < -0.39 is 12.1 Å². The van der Waals surface area contributed by atoms with Crippen LogP contribution in [0.3, 0.4) is 0 Å². The van der Waals surface area contributed by atoms with Crippen LogP contribution in [0, 0.1) is 0 Å². The summed E-state index contributed by atoms with van der Waals surface area (Å²) in [5.74, 6) is -0.194. The van der Waals surface area contributed by atoms with Crippen LogP contribution in [0.25, 0.3) is 0 Å². The van der Waals surface area contributed by atoms with Crippen LogP contribution in [-0.4, -0.2) is 63.0 Å². The molecule has 0 saturated heterocycles. The van der Waals surface area contributed by atoms with Crippen molar-refractivity contribution in [2.45, 2.75) is 77.0 Å². The van der Waals surface area contributed by atoms with E-state index in [0.29, 0.717) is 31.6 Å². The molecule has 0 radical (unpaired) electrons. The maximum Gasteiger partial charge on any atom is 0.324 e. The molecule has 0 fully saturated rings. The highest BCUT2D eigenvalue weighted by Gasteiger charge is 2.25. The lowest BCUT2D eigenvalue weighted by Gasteiger charge is -2.26. The Morgan fingerprint density at radius 1 is 1.09 bits per heavy atom. The van der Waals surface area contributed by atoms with Gasteiger partial charge in [-0.1, -0.05) is 25.8 Å². The van der Waals surface area contributed by atoms with E-state index in [1.165, 1.54) is 14.0 Å². The number of methoxy groups -OCH3 is 1. The summed E-state index contributed by atoms with van der Waals surface area (Å²) in [5, 5.41) is 15.8. The molecule has 0 spiro atoms. The second-order valence-corrected chi connectivity index (χ2v) is 7.97. The summed E-state index contributed by atoms with van der Waals surface area (Å²) in [6.45, 7) is 3.97. The zero-order chi connectivity index (χ0) is 23.9. The molecule has 1 rings (SSSR count). The number of aryl methyl sites for hydroxylation is 1. The highest BCUT2D eigenvalue weighted by atomic mass is 16.6. The lowest BCUT2D eigenvalue weighted by Crippen LogP contribution is -2.44. The van der Waals surface area contributed by atoms with Crippen LogP contribution in [0.5, 0.6) is 11.5 Å². The van der Waals surface area contributed by atoms with Crippen molar-refractivity contribution in [2.24, 2.45) is 0 Å². The molecule has 3 N–H and O–H groups in total. The van der Waals surface area contributed by atoms with Crippen molar-refractivity contribution in [3.05, 3.63) is 23.8 Å². The summed E-state index contributed by atoms with van der Waals surface area (Å²) in [6, 6.07) is 4.71. The van der Waals surface area contributed by atoms with Gasteiger partial charge in [0.25, 0.3) is 0 Å². The molecular weight excluding hydrogens is 412 g/mol. The molecule has 0 unspecified atom stereocenters. The van der Waals surface area contributed by atoms with E-state index in [9.17, 15) is 14.7 Å². The first kappa shape index (κ1) is 27.7. The van der Waals surface area contributed by atoms with E-state index in [4.69, 9.17) is 14.2 Å². The van der Waals surface area contributed by atoms with E-state index in [1.54, 1.807) is 26.2 Å². The van der Waals surface area contributed by atoms with Crippen molar-refractivity contribution in [2.75, 3.05) is 27.7 Å². The first-order valence-corrected chi connectivity index (χ1v) is 11.4. The van der Waals surface area contributed by atoms with Gasteiger partial charge >= 0.3 is 11.9 Å². The molecule has 0 heterocycles. The summed E-state index contributed by atoms with van der Waals surface area (Å²) in [6.07, 6.45) is 4.71. The smallest absolute Gasteiger partial charge is 0.324 e. The van der Waals surface area contributed by atoms with Crippen molar-refractivity contribution in [1.82, 2.24) is 10.6 Å². The largest absolute Gasteiger partial charge is 0.504 e. The molecule has 8 nitrogen and oxygen atoms in total. The fourth-order valence-electron chi connectivity index (χ4n) is 3.56. The van der Waals surface area contributed by atoms with Crippen molar-refractivity contribution < 1.29 is 28.9 Å². The Kier molecular flexibility index (Phi) is 13.4. The van der Waals surface area contributed by atoms with Crippen LogP contribution >= 0.6 is 0 Å².